The van der Waals surface area contributed by atoms with Crippen molar-refractivity contribution in [2.45, 2.75) is 39.7 Å². The Bertz CT molecular complexity index is 532. The largest absolute Gasteiger partial charge is 0.395 e. The quantitative estimate of drug-likeness (QED) is 0.828. The van der Waals surface area contributed by atoms with Crippen molar-refractivity contribution in [1.82, 2.24) is 20.0 Å². The molecule has 0 aliphatic carbocycles. The summed E-state index contributed by atoms with van der Waals surface area (Å²) in [5.74, 6) is -0.176. The van der Waals surface area contributed by atoms with E-state index in [1.165, 1.54) is 0 Å². The van der Waals surface area contributed by atoms with Crippen molar-refractivity contribution in [2.75, 3.05) is 25.4 Å². The van der Waals surface area contributed by atoms with E-state index in [-0.39, 0.29) is 11.8 Å². The van der Waals surface area contributed by atoms with Crippen molar-refractivity contribution in [3.8, 4) is 0 Å². The van der Waals surface area contributed by atoms with Crippen LogP contribution in [-0.4, -0.2) is 46.1 Å². The number of nitrogens with one attached hydrogen (secondary N) is 1. The molecule has 0 saturated carbocycles. The molecule has 1 aromatic heterocycles. The van der Waals surface area contributed by atoms with Gasteiger partial charge in [0.15, 0.2) is 0 Å². The molecule has 0 spiro atoms. The number of nitrogens with two attached hydrogens (primary N) is 1. The number of amides is 2. The summed E-state index contributed by atoms with van der Waals surface area (Å²) in [7, 11) is 0. The number of aryl methyl sites for hydroxylation is 2. The van der Waals surface area contributed by atoms with Crippen LogP contribution in [0.2, 0.25) is 0 Å². The standard InChI is InChI=1S/C14H23N5O2/c1-3-19-13(12(15)10(2)17-19)14(21)16-7-6-11(20)18-8-4-5-9-18/h3-9,15H2,1-2H3,(H,16,21). The predicted molar refractivity (Wildman–Crippen MR) is 79.8 cm³/mol. The first-order valence-corrected chi connectivity index (χ1v) is 7.43. The molecule has 0 atom stereocenters. The summed E-state index contributed by atoms with van der Waals surface area (Å²) in [5.41, 5.74) is 7.32. The van der Waals surface area contributed by atoms with Crippen molar-refractivity contribution in [1.29, 1.82) is 0 Å². The lowest BCUT2D eigenvalue weighted by Crippen LogP contribution is -2.33. The van der Waals surface area contributed by atoms with Gasteiger partial charge >= 0.3 is 0 Å². The molecule has 3 N–H and O–H groups in total. The zero-order valence-electron chi connectivity index (χ0n) is 12.7. The lowest BCUT2D eigenvalue weighted by atomic mass is 10.2. The summed E-state index contributed by atoms with van der Waals surface area (Å²) >= 11 is 0. The molecule has 7 nitrogen and oxygen atoms in total. The zero-order chi connectivity index (χ0) is 15.4. The Kier molecular flexibility index (Phi) is 4.82. The normalized spacial score (nSPS) is 14.5. The minimum atomic E-state index is -0.274. The topological polar surface area (TPSA) is 93.2 Å². The summed E-state index contributed by atoms with van der Waals surface area (Å²) in [4.78, 5) is 25.9. The van der Waals surface area contributed by atoms with Gasteiger partial charge in [-0.05, 0) is 26.7 Å². The van der Waals surface area contributed by atoms with Crippen molar-refractivity contribution >= 4 is 17.5 Å². The van der Waals surface area contributed by atoms with Crippen LogP contribution in [-0.2, 0) is 11.3 Å². The highest BCUT2D eigenvalue weighted by molar-refractivity contribution is 5.98. The summed E-state index contributed by atoms with van der Waals surface area (Å²) < 4.78 is 1.59. The molecular weight excluding hydrogens is 270 g/mol. The Labute approximate surface area is 124 Å². The lowest BCUT2D eigenvalue weighted by molar-refractivity contribution is -0.129. The van der Waals surface area contributed by atoms with Gasteiger partial charge in [0, 0.05) is 32.6 Å². The SMILES string of the molecule is CCn1nc(C)c(N)c1C(=O)NCCC(=O)N1CCCC1. The van der Waals surface area contributed by atoms with Gasteiger partial charge in [-0.15, -0.1) is 0 Å². The second-order valence-corrected chi connectivity index (χ2v) is 5.26. The molecule has 1 fully saturated rings. The second kappa shape index (κ2) is 6.60. The predicted octanol–water partition coefficient (Wildman–Crippen LogP) is 0.536. The van der Waals surface area contributed by atoms with Crippen LogP contribution in [0.4, 0.5) is 5.69 Å². The Morgan fingerprint density at radius 1 is 1.33 bits per heavy atom. The highest BCUT2D eigenvalue weighted by Crippen LogP contribution is 2.16. The molecule has 1 aliphatic heterocycles. The summed E-state index contributed by atoms with van der Waals surface area (Å²) in [5, 5.41) is 6.97. The second-order valence-electron chi connectivity index (χ2n) is 5.26. The van der Waals surface area contributed by atoms with E-state index in [1.54, 1.807) is 11.6 Å². The van der Waals surface area contributed by atoms with Gasteiger partial charge in [0.2, 0.25) is 5.91 Å². The van der Waals surface area contributed by atoms with E-state index < -0.39 is 0 Å². The van der Waals surface area contributed by atoms with E-state index in [1.807, 2.05) is 11.8 Å². The molecule has 2 heterocycles. The lowest BCUT2D eigenvalue weighted by Gasteiger charge is -2.15. The number of hydrogen-bond donors (Lipinski definition) is 2. The van der Waals surface area contributed by atoms with Crippen LogP contribution in [0.25, 0.3) is 0 Å². The average Bonchev–Trinajstić information content (AvgIpc) is 3.08. The van der Waals surface area contributed by atoms with Crippen LogP contribution in [0.5, 0.6) is 0 Å². The van der Waals surface area contributed by atoms with Crippen molar-refractivity contribution < 1.29 is 9.59 Å². The van der Waals surface area contributed by atoms with Crippen LogP contribution in [0.1, 0.15) is 42.4 Å². The Morgan fingerprint density at radius 3 is 2.62 bits per heavy atom. The van der Waals surface area contributed by atoms with Crippen molar-refractivity contribution in [2.24, 2.45) is 0 Å². The van der Waals surface area contributed by atoms with Gasteiger partial charge in [-0.1, -0.05) is 0 Å². The monoisotopic (exact) mass is 293 g/mol. The van der Waals surface area contributed by atoms with E-state index in [9.17, 15) is 9.59 Å². The van der Waals surface area contributed by atoms with Crippen LogP contribution < -0.4 is 11.1 Å². The van der Waals surface area contributed by atoms with E-state index in [2.05, 4.69) is 10.4 Å². The molecule has 0 unspecified atom stereocenters. The number of nitrogen functional groups attached to an aromatic ring is 1. The number of carbonyl (C=O) groups excluding carboxylic acids is 2. The number of likely N-dealkylation sites (tertiary alicyclic amines) is 1. The first-order chi connectivity index (χ1) is 10.0. The van der Waals surface area contributed by atoms with Gasteiger partial charge < -0.3 is 16.0 Å². The van der Waals surface area contributed by atoms with E-state index in [0.717, 1.165) is 25.9 Å². The highest BCUT2D eigenvalue weighted by Gasteiger charge is 2.20. The smallest absolute Gasteiger partial charge is 0.271 e. The van der Waals surface area contributed by atoms with Gasteiger partial charge in [0.25, 0.3) is 5.91 Å². The van der Waals surface area contributed by atoms with Crippen LogP contribution >= 0.6 is 0 Å². The zero-order valence-corrected chi connectivity index (χ0v) is 12.7. The van der Waals surface area contributed by atoms with Gasteiger partial charge in [0.05, 0.1) is 11.4 Å². The number of hydrogen-bond acceptors (Lipinski definition) is 4. The molecule has 1 saturated heterocycles. The molecule has 2 amide bonds. The van der Waals surface area contributed by atoms with E-state index in [4.69, 9.17) is 5.73 Å². The maximum atomic E-state index is 12.2. The molecule has 7 heteroatoms. The summed E-state index contributed by atoms with van der Waals surface area (Å²) in [6.45, 7) is 6.24. The minimum Gasteiger partial charge on any atom is -0.395 e. The van der Waals surface area contributed by atoms with Gasteiger partial charge in [0.1, 0.15) is 5.69 Å². The summed E-state index contributed by atoms with van der Waals surface area (Å²) in [6, 6.07) is 0. The van der Waals surface area contributed by atoms with E-state index >= 15 is 0 Å². The van der Waals surface area contributed by atoms with Crippen molar-refractivity contribution in [3.05, 3.63) is 11.4 Å². The fourth-order valence-corrected chi connectivity index (χ4v) is 2.56. The Hall–Kier alpha value is -2.05. The third-order valence-electron chi connectivity index (χ3n) is 3.77. The van der Waals surface area contributed by atoms with Crippen LogP contribution in [0.3, 0.4) is 0 Å². The fourth-order valence-electron chi connectivity index (χ4n) is 2.56. The van der Waals surface area contributed by atoms with E-state index in [0.29, 0.717) is 36.6 Å². The fraction of sp³-hybridized carbons (Fsp3) is 0.643. The highest BCUT2D eigenvalue weighted by atomic mass is 16.2. The molecule has 1 aliphatic rings. The molecule has 21 heavy (non-hydrogen) atoms. The molecule has 0 bridgehead atoms. The van der Waals surface area contributed by atoms with Gasteiger partial charge in [-0.2, -0.15) is 5.10 Å². The van der Waals surface area contributed by atoms with Crippen LogP contribution in [0, 0.1) is 6.92 Å². The minimum absolute atomic E-state index is 0.0981. The Balaban J connectivity index is 1.88. The van der Waals surface area contributed by atoms with Gasteiger partial charge in [-0.3, -0.25) is 14.3 Å². The third-order valence-corrected chi connectivity index (χ3v) is 3.77. The maximum Gasteiger partial charge on any atom is 0.271 e. The van der Waals surface area contributed by atoms with Crippen LogP contribution in [0.15, 0.2) is 0 Å². The summed E-state index contributed by atoms with van der Waals surface area (Å²) in [6.07, 6.45) is 2.47. The third kappa shape index (κ3) is 3.34. The maximum absolute atomic E-state index is 12.2. The first kappa shape index (κ1) is 15.3. The first-order valence-electron chi connectivity index (χ1n) is 7.43. The molecule has 2 rings (SSSR count). The van der Waals surface area contributed by atoms with Crippen molar-refractivity contribution in [3.63, 3.8) is 0 Å². The number of aromatic nitrogens is 2. The number of anilines is 1. The number of rotatable bonds is 5. The Morgan fingerprint density at radius 2 is 2.00 bits per heavy atom. The molecule has 0 radical (unpaired) electrons. The average molecular weight is 293 g/mol. The number of carbonyl (C=O) groups is 2. The van der Waals surface area contributed by atoms with Gasteiger partial charge in [-0.25, -0.2) is 0 Å². The molecule has 116 valence electrons. The molecular formula is C14H23N5O2. The molecule has 0 aromatic carbocycles. The number of nitrogens with zero attached hydrogens (tertiary/aromatic N) is 3. The molecule has 1 aromatic rings.